The molecule has 0 saturated carbocycles. The molecule has 2 aromatic heterocycles. The highest BCUT2D eigenvalue weighted by Gasteiger charge is 2.10. The maximum atomic E-state index is 11.1. The van der Waals surface area contributed by atoms with E-state index in [1.807, 2.05) is 54.1 Å². The Labute approximate surface area is 172 Å². The first-order chi connectivity index (χ1) is 14.0. The number of benzene rings is 2. The van der Waals surface area contributed by atoms with Crippen molar-refractivity contribution in [3.63, 3.8) is 0 Å². The molecule has 8 heteroatoms. The molecular formula is C21H18ClN5O2. The Morgan fingerprint density at radius 2 is 1.90 bits per heavy atom. The van der Waals surface area contributed by atoms with Crippen molar-refractivity contribution in [1.82, 2.24) is 14.5 Å². The zero-order valence-corrected chi connectivity index (χ0v) is 16.3. The monoisotopic (exact) mass is 407 g/mol. The van der Waals surface area contributed by atoms with E-state index in [1.54, 1.807) is 18.3 Å². The van der Waals surface area contributed by atoms with E-state index in [9.17, 15) is 4.79 Å². The number of carbonyl (C=O) groups is 1. The van der Waals surface area contributed by atoms with E-state index < -0.39 is 5.91 Å². The van der Waals surface area contributed by atoms with Crippen LogP contribution in [0.25, 0.3) is 11.0 Å². The number of rotatable bonds is 6. The lowest BCUT2D eigenvalue weighted by atomic mass is 10.2. The van der Waals surface area contributed by atoms with Crippen molar-refractivity contribution >= 4 is 40.2 Å². The van der Waals surface area contributed by atoms with Gasteiger partial charge in [-0.15, -0.1) is 0 Å². The number of nitrogens with two attached hydrogens (primary N) is 1. The van der Waals surface area contributed by atoms with Gasteiger partial charge < -0.3 is 20.4 Å². The van der Waals surface area contributed by atoms with Crippen molar-refractivity contribution in [2.24, 2.45) is 12.8 Å². The standard InChI is InChI=1S/C21H18ClN5O2/c1-27-19-7-6-16(29-17-8-9-24-15(10-17)11-20(23)28)12-18(19)26-21(27)25-14-4-2-13(22)3-5-14/h2-10,12H,11H2,1H3,(H2,23,28)(H,25,26). The molecule has 4 aromatic rings. The lowest BCUT2D eigenvalue weighted by molar-refractivity contribution is -0.117. The number of imidazole rings is 1. The summed E-state index contributed by atoms with van der Waals surface area (Å²) in [6, 6.07) is 16.5. The summed E-state index contributed by atoms with van der Waals surface area (Å²) in [6.07, 6.45) is 1.65. The van der Waals surface area contributed by atoms with Crippen molar-refractivity contribution in [2.75, 3.05) is 5.32 Å². The molecule has 0 fully saturated rings. The SMILES string of the molecule is Cn1c(Nc2ccc(Cl)cc2)nc2cc(Oc3ccnc(CC(N)=O)c3)ccc21. The van der Waals surface area contributed by atoms with Gasteiger partial charge in [0.1, 0.15) is 11.5 Å². The highest BCUT2D eigenvalue weighted by molar-refractivity contribution is 6.30. The molecule has 4 rings (SSSR count). The van der Waals surface area contributed by atoms with Crippen LogP contribution in [-0.2, 0) is 18.3 Å². The van der Waals surface area contributed by atoms with Gasteiger partial charge in [0, 0.05) is 36.1 Å². The Morgan fingerprint density at radius 1 is 1.14 bits per heavy atom. The van der Waals surface area contributed by atoms with Crippen molar-refractivity contribution < 1.29 is 9.53 Å². The summed E-state index contributed by atoms with van der Waals surface area (Å²) >= 11 is 5.94. The number of halogens is 1. The number of amides is 1. The third kappa shape index (κ3) is 4.30. The molecule has 3 N–H and O–H groups in total. The second-order valence-corrected chi connectivity index (χ2v) is 6.94. The van der Waals surface area contributed by atoms with Crippen LogP contribution in [0.5, 0.6) is 11.5 Å². The minimum absolute atomic E-state index is 0.0657. The van der Waals surface area contributed by atoms with Crippen LogP contribution in [0.3, 0.4) is 0 Å². The topological polar surface area (TPSA) is 95.1 Å². The summed E-state index contributed by atoms with van der Waals surface area (Å²) in [6.45, 7) is 0. The predicted octanol–water partition coefficient (Wildman–Crippen LogP) is 4.19. The number of aromatic nitrogens is 3. The average molecular weight is 408 g/mol. The smallest absolute Gasteiger partial charge is 0.223 e. The van der Waals surface area contributed by atoms with Gasteiger partial charge in [-0.2, -0.15) is 0 Å². The fraction of sp³-hybridized carbons (Fsp3) is 0.0952. The number of ether oxygens (including phenoxy) is 1. The molecule has 0 bridgehead atoms. The summed E-state index contributed by atoms with van der Waals surface area (Å²) in [4.78, 5) is 19.9. The molecule has 2 aromatic carbocycles. The third-order valence-corrected chi connectivity index (χ3v) is 4.58. The van der Waals surface area contributed by atoms with Crippen LogP contribution >= 0.6 is 11.6 Å². The summed E-state index contributed by atoms with van der Waals surface area (Å²) in [5, 5.41) is 3.96. The number of fused-ring (bicyclic) bond motifs is 1. The number of carbonyl (C=O) groups excluding carboxylic acids is 1. The van der Waals surface area contributed by atoms with Crippen LogP contribution in [-0.4, -0.2) is 20.4 Å². The fourth-order valence-corrected chi connectivity index (χ4v) is 3.07. The zero-order chi connectivity index (χ0) is 20.4. The molecular weight excluding hydrogens is 390 g/mol. The third-order valence-electron chi connectivity index (χ3n) is 4.33. The van der Waals surface area contributed by atoms with Gasteiger partial charge in [-0.3, -0.25) is 9.78 Å². The molecule has 0 aliphatic heterocycles. The molecule has 146 valence electrons. The van der Waals surface area contributed by atoms with Gasteiger partial charge in [-0.25, -0.2) is 4.98 Å². The zero-order valence-electron chi connectivity index (χ0n) is 15.6. The number of hydrogen-bond donors (Lipinski definition) is 2. The minimum Gasteiger partial charge on any atom is -0.457 e. The van der Waals surface area contributed by atoms with E-state index in [4.69, 9.17) is 22.1 Å². The first-order valence-corrected chi connectivity index (χ1v) is 9.26. The summed E-state index contributed by atoms with van der Waals surface area (Å²) < 4.78 is 7.88. The van der Waals surface area contributed by atoms with Crippen molar-refractivity contribution in [2.45, 2.75) is 6.42 Å². The molecule has 0 spiro atoms. The molecule has 0 saturated heterocycles. The van der Waals surface area contributed by atoms with E-state index in [2.05, 4.69) is 15.3 Å². The fourth-order valence-electron chi connectivity index (χ4n) is 2.95. The second-order valence-electron chi connectivity index (χ2n) is 6.50. The van der Waals surface area contributed by atoms with E-state index in [1.165, 1.54) is 0 Å². The van der Waals surface area contributed by atoms with Crippen molar-refractivity contribution in [3.8, 4) is 11.5 Å². The quantitative estimate of drug-likeness (QED) is 0.499. The first kappa shape index (κ1) is 18.8. The van der Waals surface area contributed by atoms with Gasteiger partial charge in [0.25, 0.3) is 0 Å². The molecule has 1 amide bonds. The van der Waals surface area contributed by atoms with Crippen LogP contribution in [0.1, 0.15) is 5.69 Å². The Morgan fingerprint density at radius 3 is 2.66 bits per heavy atom. The molecule has 0 aliphatic rings. The number of hydrogen-bond acceptors (Lipinski definition) is 5. The number of nitrogens with one attached hydrogen (secondary N) is 1. The predicted molar refractivity (Wildman–Crippen MR) is 113 cm³/mol. The van der Waals surface area contributed by atoms with Crippen LogP contribution in [0.2, 0.25) is 5.02 Å². The van der Waals surface area contributed by atoms with E-state index in [0.29, 0.717) is 28.2 Å². The van der Waals surface area contributed by atoms with Gasteiger partial charge in [-0.05, 0) is 42.5 Å². The summed E-state index contributed by atoms with van der Waals surface area (Å²) in [5.74, 6) is 1.47. The first-order valence-electron chi connectivity index (χ1n) is 8.88. The van der Waals surface area contributed by atoms with Crippen LogP contribution in [0.4, 0.5) is 11.6 Å². The van der Waals surface area contributed by atoms with Gasteiger partial charge >= 0.3 is 0 Å². The number of nitrogens with zero attached hydrogens (tertiary/aromatic N) is 3. The number of anilines is 2. The second kappa shape index (κ2) is 7.81. The Hall–Kier alpha value is -3.58. The molecule has 29 heavy (non-hydrogen) atoms. The molecule has 2 heterocycles. The number of aryl methyl sites for hydroxylation is 1. The lowest BCUT2D eigenvalue weighted by Crippen LogP contribution is -2.14. The van der Waals surface area contributed by atoms with E-state index >= 15 is 0 Å². The van der Waals surface area contributed by atoms with Gasteiger partial charge in [0.15, 0.2) is 0 Å². The highest BCUT2D eigenvalue weighted by atomic mass is 35.5. The Kier molecular flexibility index (Phi) is 5.05. The number of primary amides is 1. The normalized spacial score (nSPS) is 10.8. The van der Waals surface area contributed by atoms with Gasteiger partial charge in [0.05, 0.1) is 23.1 Å². The molecule has 0 atom stereocenters. The van der Waals surface area contributed by atoms with Crippen LogP contribution < -0.4 is 15.8 Å². The van der Waals surface area contributed by atoms with Gasteiger partial charge in [0.2, 0.25) is 11.9 Å². The largest absolute Gasteiger partial charge is 0.457 e. The summed E-state index contributed by atoms with van der Waals surface area (Å²) in [5.41, 5.74) is 8.42. The van der Waals surface area contributed by atoms with Crippen molar-refractivity contribution in [3.05, 3.63) is 71.5 Å². The molecule has 0 aliphatic carbocycles. The van der Waals surface area contributed by atoms with Crippen molar-refractivity contribution in [1.29, 1.82) is 0 Å². The maximum Gasteiger partial charge on any atom is 0.223 e. The van der Waals surface area contributed by atoms with E-state index in [0.717, 1.165) is 16.7 Å². The Balaban J connectivity index is 1.58. The molecule has 0 unspecified atom stereocenters. The Bertz CT molecular complexity index is 1190. The molecule has 7 nitrogen and oxygen atoms in total. The molecule has 0 radical (unpaired) electrons. The average Bonchev–Trinajstić information content (AvgIpc) is 2.98. The lowest BCUT2D eigenvalue weighted by Gasteiger charge is -2.07. The van der Waals surface area contributed by atoms with Crippen LogP contribution in [0, 0.1) is 0 Å². The number of pyridine rings is 1. The van der Waals surface area contributed by atoms with Gasteiger partial charge in [-0.1, -0.05) is 11.6 Å². The summed E-state index contributed by atoms with van der Waals surface area (Å²) in [7, 11) is 1.94. The maximum absolute atomic E-state index is 11.1. The van der Waals surface area contributed by atoms with Crippen LogP contribution in [0.15, 0.2) is 60.8 Å². The minimum atomic E-state index is -0.440. The highest BCUT2D eigenvalue weighted by Crippen LogP contribution is 2.28. The van der Waals surface area contributed by atoms with E-state index in [-0.39, 0.29) is 6.42 Å².